The van der Waals surface area contributed by atoms with Gasteiger partial charge in [0, 0.05) is 18.3 Å². The quantitative estimate of drug-likeness (QED) is 0.886. The molecule has 0 aliphatic rings. The van der Waals surface area contributed by atoms with Gasteiger partial charge in [-0.15, -0.1) is 0 Å². The second kappa shape index (κ2) is 5.56. The van der Waals surface area contributed by atoms with Crippen LogP contribution in [-0.4, -0.2) is 10.9 Å². The van der Waals surface area contributed by atoms with Crippen molar-refractivity contribution in [3.05, 3.63) is 41.6 Å². The highest BCUT2D eigenvalue weighted by Crippen LogP contribution is 2.16. The smallest absolute Gasteiger partial charge is 0.221 e. The van der Waals surface area contributed by atoms with Crippen molar-refractivity contribution in [1.82, 2.24) is 4.98 Å². The number of nitrogens with zero attached hydrogens (tertiary/aromatic N) is 1. The molecule has 0 fully saturated rings. The Labute approximate surface area is 112 Å². The van der Waals surface area contributed by atoms with Crippen molar-refractivity contribution >= 4 is 17.3 Å². The van der Waals surface area contributed by atoms with Crippen LogP contribution in [-0.2, 0) is 11.3 Å². The minimum atomic E-state index is -0.0869. The third-order valence-electron chi connectivity index (χ3n) is 2.70. The first kappa shape index (κ1) is 13.1. The van der Waals surface area contributed by atoms with Crippen LogP contribution in [0.2, 0.25) is 0 Å². The fraction of sp³-hybridized carbons (Fsp3) is 0.286. The number of carbonyl (C=O) groups is 1. The standard InChI is InChI=1S/C14H17N3O2/c1-9-10(2)19-14(16-9)8-15-12-5-4-6-13(7-12)17-11(3)18/h4-7,15H,8H2,1-3H3,(H,17,18). The van der Waals surface area contributed by atoms with Crippen molar-refractivity contribution in [2.45, 2.75) is 27.3 Å². The van der Waals surface area contributed by atoms with Crippen molar-refractivity contribution in [2.24, 2.45) is 0 Å². The summed E-state index contributed by atoms with van der Waals surface area (Å²) in [6.07, 6.45) is 0. The molecule has 0 saturated carbocycles. The van der Waals surface area contributed by atoms with Crippen LogP contribution >= 0.6 is 0 Å². The molecule has 0 spiro atoms. The lowest BCUT2D eigenvalue weighted by atomic mass is 10.2. The molecule has 1 aromatic carbocycles. The molecule has 0 radical (unpaired) electrons. The third-order valence-corrected chi connectivity index (χ3v) is 2.70. The number of oxazole rings is 1. The lowest BCUT2D eigenvalue weighted by Crippen LogP contribution is -2.06. The number of benzene rings is 1. The predicted molar refractivity (Wildman–Crippen MR) is 74.0 cm³/mol. The molecule has 0 saturated heterocycles. The monoisotopic (exact) mass is 259 g/mol. The molecule has 2 N–H and O–H groups in total. The van der Waals surface area contributed by atoms with Crippen LogP contribution in [0.15, 0.2) is 28.7 Å². The largest absolute Gasteiger partial charge is 0.444 e. The maximum absolute atomic E-state index is 11.0. The van der Waals surface area contributed by atoms with E-state index in [9.17, 15) is 4.79 Å². The van der Waals surface area contributed by atoms with Crippen molar-refractivity contribution < 1.29 is 9.21 Å². The van der Waals surface area contributed by atoms with E-state index in [2.05, 4.69) is 15.6 Å². The molecule has 0 atom stereocenters. The number of hydrogen-bond acceptors (Lipinski definition) is 4. The fourth-order valence-electron chi connectivity index (χ4n) is 1.70. The van der Waals surface area contributed by atoms with E-state index in [1.807, 2.05) is 38.1 Å². The van der Waals surface area contributed by atoms with E-state index in [4.69, 9.17) is 4.42 Å². The molecule has 2 rings (SSSR count). The predicted octanol–water partition coefficient (Wildman–Crippen LogP) is 2.86. The molecule has 1 heterocycles. The number of nitrogens with one attached hydrogen (secondary N) is 2. The summed E-state index contributed by atoms with van der Waals surface area (Å²) < 4.78 is 5.49. The van der Waals surface area contributed by atoms with Crippen molar-refractivity contribution in [1.29, 1.82) is 0 Å². The van der Waals surface area contributed by atoms with Crippen LogP contribution in [0.1, 0.15) is 24.3 Å². The molecule has 1 aromatic heterocycles. The van der Waals surface area contributed by atoms with Crippen LogP contribution in [0.3, 0.4) is 0 Å². The van der Waals surface area contributed by atoms with Gasteiger partial charge in [-0.1, -0.05) is 6.07 Å². The molecule has 2 aromatic rings. The van der Waals surface area contributed by atoms with Crippen LogP contribution in [0.25, 0.3) is 0 Å². The second-order valence-electron chi connectivity index (χ2n) is 4.36. The van der Waals surface area contributed by atoms with Gasteiger partial charge in [0.1, 0.15) is 5.76 Å². The fourth-order valence-corrected chi connectivity index (χ4v) is 1.70. The van der Waals surface area contributed by atoms with Gasteiger partial charge in [-0.05, 0) is 32.0 Å². The van der Waals surface area contributed by atoms with Crippen molar-refractivity contribution in [3.63, 3.8) is 0 Å². The number of aryl methyl sites for hydroxylation is 2. The van der Waals surface area contributed by atoms with Gasteiger partial charge < -0.3 is 15.1 Å². The summed E-state index contributed by atoms with van der Waals surface area (Å²) in [6.45, 7) is 5.81. The van der Waals surface area contributed by atoms with Crippen LogP contribution in [0.5, 0.6) is 0 Å². The van der Waals surface area contributed by atoms with E-state index < -0.39 is 0 Å². The summed E-state index contributed by atoms with van der Waals surface area (Å²) >= 11 is 0. The summed E-state index contributed by atoms with van der Waals surface area (Å²) in [5.74, 6) is 1.40. The van der Waals surface area contributed by atoms with Crippen LogP contribution < -0.4 is 10.6 Å². The number of amides is 1. The van der Waals surface area contributed by atoms with E-state index >= 15 is 0 Å². The van der Waals surface area contributed by atoms with E-state index in [-0.39, 0.29) is 5.91 Å². The highest BCUT2D eigenvalue weighted by atomic mass is 16.4. The average molecular weight is 259 g/mol. The third kappa shape index (κ3) is 3.58. The summed E-state index contributed by atoms with van der Waals surface area (Å²) in [6, 6.07) is 7.50. The Hall–Kier alpha value is -2.30. The van der Waals surface area contributed by atoms with Gasteiger partial charge in [0.2, 0.25) is 11.8 Å². The molecule has 0 bridgehead atoms. The molecule has 0 unspecified atom stereocenters. The minimum Gasteiger partial charge on any atom is -0.444 e. The molecular formula is C14H17N3O2. The topological polar surface area (TPSA) is 67.2 Å². The average Bonchev–Trinajstić information content (AvgIpc) is 2.66. The molecule has 1 amide bonds. The highest BCUT2D eigenvalue weighted by Gasteiger charge is 2.05. The van der Waals surface area contributed by atoms with E-state index in [0.29, 0.717) is 12.4 Å². The normalized spacial score (nSPS) is 10.3. The summed E-state index contributed by atoms with van der Waals surface area (Å²) in [5, 5.41) is 5.95. The zero-order chi connectivity index (χ0) is 13.8. The van der Waals surface area contributed by atoms with Gasteiger partial charge in [-0.2, -0.15) is 0 Å². The number of aromatic nitrogens is 1. The SMILES string of the molecule is CC(=O)Nc1cccc(NCc2nc(C)c(C)o2)c1. The van der Waals surface area contributed by atoms with E-state index in [1.54, 1.807) is 0 Å². The molecule has 100 valence electrons. The number of anilines is 2. The van der Waals surface area contributed by atoms with Gasteiger partial charge in [-0.25, -0.2) is 4.98 Å². The number of rotatable bonds is 4. The first-order valence-corrected chi connectivity index (χ1v) is 6.09. The first-order valence-electron chi connectivity index (χ1n) is 6.09. The Morgan fingerprint density at radius 3 is 2.68 bits per heavy atom. The van der Waals surface area contributed by atoms with Crippen molar-refractivity contribution in [3.8, 4) is 0 Å². The zero-order valence-corrected chi connectivity index (χ0v) is 11.3. The molecule has 19 heavy (non-hydrogen) atoms. The minimum absolute atomic E-state index is 0.0869. The Morgan fingerprint density at radius 1 is 1.32 bits per heavy atom. The van der Waals surface area contributed by atoms with Gasteiger partial charge >= 0.3 is 0 Å². The Kier molecular flexibility index (Phi) is 3.85. The maximum atomic E-state index is 11.0. The molecule has 0 aliphatic heterocycles. The Bertz CT molecular complexity index is 571. The lowest BCUT2D eigenvalue weighted by molar-refractivity contribution is -0.114. The summed E-state index contributed by atoms with van der Waals surface area (Å²) in [4.78, 5) is 15.3. The lowest BCUT2D eigenvalue weighted by Gasteiger charge is -2.07. The Morgan fingerprint density at radius 2 is 2.05 bits per heavy atom. The van der Waals surface area contributed by atoms with E-state index in [1.165, 1.54) is 6.92 Å². The Balaban J connectivity index is 2.01. The van der Waals surface area contributed by atoms with Crippen molar-refractivity contribution in [2.75, 3.05) is 10.6 Å². The molecular weight excluding hydrogens is 242 g/mol. The highest BCUT2D eigenvalue weighted by molar-refractivity contribution is 5.89. The van der Waals surface area contributed by atoms with Gasteiger partial charge in [0.25, 0.3) is 0 Å². The molecule has 0 aliphatic carbocycles. The maximum Gasteiger partial charge on any atom is 0.221 e. The number of carbonyl (C=O) groups excluding carboxylic acids is 1. The van der Waals surface area contributed by atoms with Crippen LogP contribution in [0.4, 0.5) is 11.4 Å². The van der Waals surface area contributed by atoms with Crippen LogP contribution in [0, 0.1) is 13.8 Å². The summed E-state index contributed by atoms with van der Waals surface area (Å²) in [5.41, 5.74) is 2.57. The molecule has 5 heteroatoms. The zero-order valence-electron chi connectivity index (χ0n) is 11.3. The first-order chi connectivity index (χ1) is 9.04. The van der Waals surface area contributed by atoms with Gasteiger partial charge in [-0.3, -0.25) is 4.79 Å². The summed E-state index contributed by atoms with van der Waals surface area (Å²) in [7, 11) is 0. The van der Waals surface area contributed by atoms with Gasteiger partial charge in [0.15, 0.2) is 0 Å². The second-order valence-corrected chi connectivity index (χ2v) is 4.36. The van der Waals surface area contributed by atoms with E-state index in [0.717, 1.165) is 22.8 Å². The number of hydrogen-bond donors (Lipinski definition) is 2. The molecule has 5 nitrogen and oxygen atoms in total. The van der Waals surface area contributed by atoms with Gasteiger partial charge in [0.05, 0.1) is 12.2 Å².